The summed E-state index contributed by atoms with van der Waals surface area (Å²) in [6.07, 6.45) is 1.82. The summed E-state index contributed by atoms with van der Waals surface area (Å²) in [5.41, 5.74) is 0.0687. The third-order valence-electron chi connectivity index (χ3n) is 3.89. The average Bonchev–Trinajstić information content (AvgIpc) is 2.53. The van der Waals surface area contributed by atoms with Crippen LogP contribution in [-0.4, -0.2) is 59.6 Å². The first-order valence-corrected chi connectivity index (χ1v) is 11.1. The molecule has 0 aromatic heterocycles. The number of ether oxygens (including phenoxy) is 1. The van der Waals surface area contributed by atoms with Crippen LogP contribution in [0.25, 0.3) is 0 Å². The lowest BCUT2D eigenvalue weighted by atomic mass is 10.1. The fourth-order valence-electron chi connectivity index (χ4n) is 2.54. The van der Waals surface area contributed by atoms with Gasteiger partial charge in [0.15, 0.2) is 0 Å². The highest BCUT2D eigenvalue weighted by Crippen LogP contribution is 2.24. The minimum atomic E-state index is -3.97. The van der Waals surface area contributed by atoms with Gasteiger partial charge in [-0.3, -0.25) is 0 Å². The molecule has 2 rings (SSSR count). The molecule has 11 heteroatoms. The first-order chi connectivity index (χ1) is 11.5. The van der Waals surface area contributed by atoms with Crippen LogP contribution >= 0.6 is 11.6 Å². The van der Waals surface area contributed by atoms with E-state index in [2.05, 4.69) is 9.46 Å². The van der Waals surface area contributed by atoms with E-state index in [1.807, 2.05) is 0 Å². The number of nitrogens with one attached hydrogen (secondary N) is 1. The zero-order valence-corrected chi connectivity index (χ0v) is 16.1. The normalized spacial score (nSPS) is 17.4. The van der Waals surface area contributed by atoms with E-state index in [1.165, 1.54) is 23.5 Å². The van der Waals surface area contributed by atoms with Crippen molar-refractivity contribution < 1.29 is 26.4 Å². The van der Waals surface area contributed by atoms with Gasteiger partial charge in [0, 0.05) is 19.1 Å². The van der Waals surface area contributed by atoms with Crippen LogP contribution in [-0.2, 0) is 24.8 Å². The summed E-state index contributed by atoms with van der Waals surface area (Å²) in [4.78, 5) is 11.4. The van der Waals surface area contributed by atoms with Gasteiger partial charge in [-0.05, 0) is 31.0 Å². The Kier molecular flexibility index (Phi) is 6.10. The van der Waals surface area contributed by atoms with Gasteiger partial charge >= 0.3 is 5.97 Å². The van der Waals surface area contributed by atoms with Gasteiger partial charge in [-0.1, -0.05) is 11.6 Å². The smallest absolute Gasteiger partial charge is 0.337 e. The number of carbonyl (C=O) groups excluding carboxylic acids is 1. The van der Waals surface area contributed by atoms with Crippen molar-refractivity contribution in [2.24, 2.45) is 0 Å². The van der Waals surface area contributed by atoms with E-state index in [-0.39, 0.29) is 28.6 Å². The first kappa shape index (κ1) is 20.1. The molecule has 1 aromatic carbocycles. The predicted octanol–water partition coefficient (Wildman–Crippen LogP) is 0.829. The number of esters is 1. The van der Waals surface area contributed by atoms with Crippen molar-refractivity contribution in [3.63, 3.8) is 0 Å². The van der Waals surface area contributed by atoms with E-state index in [4.69, 9.17) is 11.6 Å². The topological polar surface area (TPSA) is 110 Å². The molecule has 0 radical (unpaired) electrons. The summed E-state index contributed by atoms with van der Waals surface area (Å²) in [5.74, 6) is -0.672. The van der Waals surface area contributed by atoms with Gasteiger partial charge in [0.25, 0.3) is 0 Å². The number of piperidine rings is 1. The molecule has 8 nitrogen and oxygen atoms in total. The second kappa shape index (κ2) is 7.58. The van der Waals surface area contributed by atoms with Gasteiger partial charge in [-0.15, -0.1) is 0 Å². The third kappa shape index (κ3) is 4.91. The molecule has 0 bridgehead atoms. The van der Waals surface area contributed by atoms with Gasteiger partial charge in [-0.25, -0.2) is 30.7 Å². The van der Waals surface area contributed by atoms with Crippen molar-refractivity contribution in [1.29, 1.82) is 0 Å². The van der Waals surface area contributed by atoms with E-state index in [9.17, 15) is 21.6 Å². The minimum Gasteiger partial charge on any atom is -0.465 e. The molecule has 1 aromatic rings. The summed E-state index contributed by atoms with van der Waals surface area (Å²) < 4.78 is 56.6. The number of carbonyl (C=O) groups is 1. The van der Waals surface area contributed by atoms with E-state index in [0.717, 1.165) is 12.3 Å². The second-order valence-electron chi connectivity index (χ2n) is 5.69. The molecule has 1 aliphatic heterocycles. The Morgan fingerprint density at radius 2 is 1.84 bits per heavy atom. The maximum atomic E-state index is 12.6. The maximum absolute atomic E-state index is 12.6. The molecule has 1 aliphatic rings. The van der Waals surface area contributed by atoms with Crippen LogP contribution in [0.1, 0.15) is 23.2 Å². The molecule has 0 amide bonds. The fourth-order valence-corrected chi connectivity index (χ4v) is 5.25. The Labute approximate surface area is 152 Å². The molecule has 25 heavy (non-hydrogen) atoms. The van der Waals surface area contributed by atoms with Gasteiger partial charge in [0.1, 0.15) is 4.90 Å². The van der Waals surface area contributed by atoms with Crippen LogP contribution in [0.2, 0.25) is 5.02 Å². The number of halogens is 1. The molecular formula is C14H19ClN2O6S2. The summed E-state index contributed by atoms with van der Waals surface area (Å²) in [7, 11) is -6.06. The fraction of sp³-hybridized carbons (Fsp3) is 0.500. The standard InChI is InChI=1S/C14H19ClN2O6S2/c1-23-14(18)10-3-4-12(15)13(9-10)25(21,22)16-11-5-7-17(8-6-11)24(2,19)20/h3-4,9,11,16H,5-8H2,1-2H3. The maximum Gasteiger partial charge on any atom is 0.337 e. The summed E-state index contributed by atoms with van der Waals surface area (Å²) in [5, 5.41) is -0.0197. The van der Waals surface area contributed by atoms with E-state index in [0.29, 0.717) is 12.8 Å². The van der Waals surface area contributed by atoms with Crippen molar-refractivity contribution >= 4 is 37.6 Å². The van der Waals surface area contributed by atoms with Crippen LogP contribution in [0.5, 0.6) is 0 Å². The molecule has 1 heterocycles. The number of hydrogen-bond acceptors (Lipinski definition) is 6. The molecule has 0 atom stereocenters. The molecule has 0 aliphatic carbocycles. The second-order valence-corrected chi connectivity index (χ2v) is 9.77. The summed E-state index contributed by atoms with van der Waals surface area (Å²) in [6, 6.07) is 3.43. The quantitative estimate of drug-likeness (QED) is 0.720. The third-order valence-corrected chi connectivity index (χ3v) is 7.19. The number of rotatable bonds is 5. The molecular weight excluding hydrogens is 392 g/mol. The molecule has 140 valence electrons. The number of nitrogens with zero attached hydrogens (tertiary/aromatic N) is 1. The average molecular weight is 411 g/mol. The summed E-state index contributed by atoms with van der Waals surface area (Å²) >= 11 is 5.97. The zero-order valence-electron chi connectivity index (χ0n) is 13.7. The lowest BCUT2D eigenvalue weighted by Crippen LogP contribution is -2.46. The number of sulfonamides is 2. The highest BCUT2D eigenvalue weighted by atomic mass is 35.5. The highest BCUT2D eigenvalue weighted by molar-refractivity contribution is 7.89. The van der Waals surface area contributed by atoms with Crippen molar-refractivity contribution in [3.8, 4) is 0 Å². The largest absolute Gasteiger partial charge is 0.465 e. The number of hydrogen-bond donors (Lipinski definition) is 1. The zero-order chi connectivity index (χ0) is 18.8. The van der Waals surface area contributed by atoms with E-state index in [1.54, 1.807) is 0 Å². The Morgan fingerprint density at radius 3 is 2.36 bits per heavy atom. The lowest BCUT2D eigenvalue weighted by Gasteiger charge is -2.30. The van der Waals surface area contributed by atoms with Gasteiger partial charge in [-0.2, -0.15) is 0 Å². The van der Waals surface area contributed by atoms with Crippen molar-refractivity contribution in [2.45, 2.75) is 23.8 Å². The monoisotopic (exact) mass is 410 g/mol. The Bertz CT molecular complexity index is 861. The lowest BCUT2D eigenvalue weighted by molar-refractivity contribution is 0.0600. The van der Waals surface area contributed by atoms with Gasteiger partial charge < -0.3 is 4.74 Å². The molecule has 0 unspecified atom stereocenters. The minimum absolute atomic E-state index is 0.0197. The Balaban J connectivity index is 2.16. The van der Waals surface area contributed by atoms with Crippen molar-refractivity contribution in [1.82, 2.24) is 9.03 Å². The number of methoxy groups -OCH3 is 1. The van der Waals surface area contributed by atoms with Gasteiger partial charge in [0.2, 0.25) is 20.0 Å². The van der Waals surface area contributed by atoms with Gasteiger partial charge in [0.05, 0.1) is 24.0 Å². The first-order valence-electron chi connectivity index (χ1n) is 7.40. The SMILES string of the molecule is COC(=O)c1ccc(Cl)c(S(=O)(=O)NC2CCN(S(C)(=O)=O)CC2)c1. The Morgan fingerprint density at radius 1 is 1.24 bits per heavy atom. The van der Waals surface area contributed by atoms with E-state index < -0.39 is 32.1 Å². The predicted molar refractivity (Wildman–Crippen MR) is 92.6 cm³/mol. The van der Waals surface area contributed by atoms with Crippen LogP contribution < -0.4 is 4.72 Å². The van der Waals surface area contributed by atoms with Crippen LogP contribution in [0, 0.1) is 0 Å². The molecule has 1 N–H and O–H groups in total. The molecule has 0 saturated carbocycles. The Hall–Kier alpha value is -1.20. The van der Waals surface area contributed by atoms with Crippen molar-refractivity contribution in [3.05, 3.63) is 28.8 Å². The number of benzene rings is 1. The highest BCUT2D eigenvalue weighted by Gasteiger charge is 2.29. The van der Waals surface area contributed by atoms with Crippen molar-refractivity contribution in [2.75, 3.05) is 26.5 Å². The van der Waals surface area contributed by atoms with Crippen LogP contribution in [0.3, 0.4) is 0 Å². The van der Waals surface area contributed by atoms with E-state index >= 15 is 0 Å². The molecule has 0 spiro atoms. The van der Waals surface area contributed by atoms with Crippen LogP contribution in [0.4, 0.5) is 0 Å². The molecule has 1 saturated heterocycles. The summed E-state index contributed by atoms with van der Waals surface area (Å²) in [6.45, 7) is 0.476. The van der Waals surface area contributed by atoms with Crippen LogP contribution in [0.15, 0.2) is 23.1 Å². The molecule has 1 fully saturated rings.